The number of hydrogen-bond acceptors (Lipinski definition) is 2. The number of carbonyl (C=O) groups is 1. The zero-order valence-corrected chi connectivity index (χ0v) is 14.4. The minimum Gasteiger partial charge on any atom is -0.481 e. The molecule has 0 bridgehead atoms. The second-order valence-corrected chi connectivity index (χ2v) is 5.93. The van der Waals surface area contributed by atoms with Crippen molar-refractivity contribution in [1.82, 2.24) is 5.32 Å². The number of halogens is 1. The highest BCUT2D eigenvalue weighted by atomic mass is 19.1. The molecule has 1 atom stereocenters. The van der Waals surface area contributed by atoms with Gasteiger partial charge < -0.3 is 10.1 Å². The summed E-state index contributed by atoms with van der Waals surface area (Å²) in [4.78, 5) is 12.3. The molecule has 0 radical (unpaired) electrons. The van der Waals surface area contributed by atoms with Crippen LogP contribution in [0.15, 0.2) is 42.5 Å². The van der Waals surface area contributed by atoms with Gasteiger partial charge in [-0.3, -0.25) is 4.79 Å². The third-order valence-corrected chi connectivity index (χ3v) is 4.05. The van der Waals surface area contributed by atoms with Crippen LogP contribution >= 0.6 is 0 Å². The number of carbonyl (C=O) groups excluding carboxylic acids is 1. The summed E-state index contributed by atoms with van der Waals surface area (Å²) in [5, 5.41) is 2.89. The first-order chi connectivity index (χ1) is 11.5. The number of aryl methyl sites for hydroxylation is 2. The predicted molar refractivity (Wildman–Crippen MR) is 93.7 cm³/mol. The lowest BCUT2D eigenvalue weighted by atomic mass is 10.1. The van der Waals surface area contributed by atoms with Gasteiger partial charge in [0.25, 0.3) is 5.91 Å². The average Bonchev–Trinajstić information content (AvgIpc) is 2.57. The molecule has 0 unspecified atom stereocenters. The Morgan fingerprint density at radius 1 is 1.12 bits per heavy atom. The number of amides is 1. The summed E-state index contributed by atoms with van der Waals surface area (Å²) in [6.07, 6.45) is 0.738. The van der Waals surface area contributed by atoms with E-state index >= 15 is 0 Å². The van der Waals surface area contributed by atoms with Crippen LogP contribution in [0, 0.1) is 19.7 Å². The van der Waals surface area contributed by atoms with Crippen LogP contribution in [-0.2, 0) is 11.2 Å². The van der Waals surface area contributed by atoms with E-state index in [1.165, 1.54) is 17.7 Å². The maximum absolute atomic E-state index is 12.9. The maximum Gasteiger partial charge on any atom is 0.261 e. The largest absolute Gasteiger partial charge is 0.481 e. The molecular formula is C20H24FNO2. The van der Waals surface area contributed by atoms with Crippen molar-refractivity contribution < 1.29 is 13.9 Å². The topological polar surface area (TPSA) is 38.3 Å². The Hall–Kier alpha value is -2.36. The van der Waals surface area contributed by atoms with Gasteiger partial charge in [0.1, 0.15) is 11.6 Å². The number of benzene rings is 2. The van der Waals surface area contributed by atoms with E-state index in [2.05, 4.69) is 5.32 Å². The van der Waals surface area contributed by atoms with E-state index < -0.39 is 6.10 Å². The molecular weight excluding hydrogens is 305 g/mol. The molecule has 0 fully saturated rings. The summed E-state index contributed by atoms with van der Waals surface area (Å²) in [7, 11) is 0. The van der Waals surface area contributed by atoms with E-state index in [0.717, 1.165) is 11.1 Å². The molecule has 0 saturated heterocycles. The second kappa shape index (κ2) is 8.48. The molecule has 3 nitrogen and oxygen atoms in total. The molecule has 2 aromatic carbocycles. The fourth-order valence-corrected chi connectivity index (χ4v) is 2.37. The molecule has 0 heterocycles. The molecule has 1 N–H and O–H groups in total. The summed E-state index contributed by atoms with van der Waals surface area (Å²) in [5.41, 5.74) is 3.32. The van der Waals surface area contributed by atoms with Crippen molar-refractivity contribution in [3.8, 4) is 5.75 Å². The molecule has 2 rings (SSSR count). The van der Waals surface area contributed by atoms with E-state index in [0.29, 0.717) is 25.1 Å². The first-order valence-corrected chi connectivity index (χ1v) is 8.25. The fourth-order valence-electron chi connectivity index (χ4n) is 2.37. The standard InChI is InChI=1S/C20H24FNO2/c1-4-19(24-18-10-5-14(2)15(3)13-18)20(23)22-12-11-16-6-8-17(21)9-7-16/h5-10,13,19H,4,11-12H2,1-3H3,(H,22,23)/t19-/m0/s1. The molecule has 0 saturated carbocycles. The van der Waals surface area contributed by atoms with Crippen LogP contribution in [0.2, 0.25) is 0 Å². The fraction of sp³-hybridized carbons (Fsp3) is 0.350. The number of hydrogen-bond donors (Lipinski definition) is 1. The minimum atomic E-state index is -0.514. The molecule has 0 aliphatic heterocycles. The Morgan fingerprint density at radius 3 is 2.46 bits per heavy atom. The van der Waals surface area contributed by atoms with Crippen LogP contribution in [0.1, 0.15) is 30.0 Å². The molecule has 1 amide bonds. The summed E-state index contributed by atoms with van der Waals surface area (Å²) < 4.78 is 18.7. The summed E-state index contributed by atoms with van der Waals surface area (Å²) in [5.74, 6) is 0.326. The van der Waals surface area contributed by atoms with Crippen molar-refractivity contribution >= 4 is 5.91 Å². The monoisotopic (exact) mass is 329 g/mol. The summed E-state index contributed by atoms with van der Waals surface area (Å²) >= 11 is 0. The van der Waals surface area contributed by atoms with Crippen molar-refractivity contribution in [3.05, 3.63) is 65.0 Å². The van der Waals surface area contributed by atoms with Crippen LogP contribution in [0.4, 0.5) is 4.39 Å². The van der Waals surface area contributed by atoms with Crippen LogP contribution in [0.5, 0.6) is 5.75 Å². The number of rotatable bonds is 7. The average molecular weight is 329 g/mol. The lowest BCUT2D eigenvalue weighted by molar-refractivity contribution is -0.128. The zero-order valence-electron chi connectivity index (χ0n) is 14.4. The zero-order chi connectivity index (χ0) is 17.5. The van der Waals surface area contributed by atoms with Crippen LogP contribution in [-0.4, -0.2) is 18.6 Å². The van der Waals surface area contributed by atoms with Gasteiger partial charge in [0.15, 0.2) is 6.10 Å². The van der Waals surface area contributed by atoms with Crippen LogP contribution in [0.3, 0.4) is 0 Å². The van der Waals surface area contributed by atoms with Gasteiger partial charge in [0.2, 0.25) is 0 Å². The Labute approximate surface area is 142 Å². The Kier molecular flexibility index (Phi) is 6.36. The van der Waals surface area contributed by atoms with Gasteiger partial charge in [-0.2, -0.15) is 0 Å². The third kappa shape index (κ3) is 5.08. The van der Waals surface area contributed by atoms with E-state index in [1.54, 1.807) is 12.1 Å². The van der Waals surface area contributed by atoms with Gasteiger partial charge in [-0.1, -0.05) is 25.1 Å². The number of nitrogens with one attached hydrogen (secondary N) is 1. The molecule has 0 aliphatic rings. The molecule has 0 aliphatic carbocycles. The second-order valence-electron chi connectivity index (χ2n) is 5.93. The van der Waals surface area contributed by atoms with Gasteiger partial charge in [-0.15, -0.1) is 0 Å². The van der Waals surface area contributed by atoms with Crippen molar-refractivity contribution in [3.63, 3.8) is 0 Å². The van der Waals surface area contributed by atoms with E-state index in [4.69, 9.17) is 4.74 Å². The van der Waals surface area contributed by atoms with Gasteiger partial charge in [-0.25, -0.2) is 4.39 Å². The van der Waals surface area contributed by atoms with Gasteiger partial charge >= 0.3 is 0 Å². The summed E-state index contributed by atoms with van der Waals surface area (Å²) in [6.45, 7) is 6.48. The van der Waals surface area contributed by atoms with Crippen molar-refractivity contribution in [2.45, 2.75) is 39.7 Å². The van der Waals surface area contributed by atoms with Crippen molar-refractivity contribution in [2.24, 2.45) is 0 Å². The highest BCUT2D eigenvalue weighted by Gasteiger charge is 2.18. The molecule has 128 valence electrons. The first-order valence-electron chi connectivity index (χ1n) is 8.25. The van der Waals surface area contributed by atoms with Crippen LogP contribution in [0.25, 0.3) is 0 Å². The Balaban J connectivity index is 1.86. The minimum absolute atomic E-state index is 0.127. The SMILES string of the molecule is CC[C@H](Oc1ccc(C)c(C)c1)C(=O)NCCc1ccc(F)cc1. The molecule has 0 aromatic heterocycles. The lowest BCUT2D eigenvalue weighted by Gasteiger charge is -2.18. The van der Waals surface area contributed by atoms with E-state index in [-0.39, 0.29) is 11.7 Å². The Bertz CT molecular complexity index is 683. The summed E-state index contributed by atoms with van der Waals surface area (Å²) in [6, 6.07) is 12.1. The van der Waals surface area contributed by atoms with Gasteiger partial charge in [-0.05, 0) is 67.6 Å². The molecule has 4 heteroatoms. The quantitative estimate of drug-likeness (QED) is 0.835. The maximum atomic E-state index is 12.9. The van der Waals surface area contributed by atoms with Crippen molar-refractivity contribution in [1.29, 1.82) is 0 Å². The normalized spacial score (nSPS) is 11.8. The lowest BCUT2D eigenvalue weighted by Crippen LogP contribution is -2.38. The first kappa shape index (κ1) is 18.0. The van der Waals surface area contributed by atoms with Crippen LogP contribution < -0.4 is 10.1 Å². The molecule has 0 spiro atoms. The van der Waals surface area contributed by atoms with Crippen molar-refractivity contribution in [2.75, 3.05) is 6.54 Å². The molecule has 2 aromatic rings. The molecule has 24 heavy (non-hydrogen) atoms. The van der Waals surface area contributed by atoms with E-state index in [1.807, 2.05) is 39.0 Å². The van der Waals surface area contributed by atoms with E-state index in [9.17, 15) is 9.18 Å². The smallest absolute Gasteiger partial charge is 0.261 e. The van der Waals surface area contributed by atoms with Gasteiger partial charge in [0, 0.05) is 6.54 Å². The third-order valence-electron chi connectivity index (χ3n) is 4.05. The predicted octanol–water partition coefficient (Wildman–Crippen LogP) is 3.96. The highest BCUT2D eigenvalue weighted by molar-refractivity contribution is 5.81. The highest BCUT2D eigenvalue weighted by Crippen LogP contribution is 2.18. The van der Waals surface area contributed by atoms with Gasteiger partial charge in [0.05, 0.1) is 0 Å². The number of ether oxygens (including phenoxy) is 1. The Morgan fingerprint density at radius 2 is 1.83 bits per heavy atom.